The zero-order valence-electron chi connectivity index (χ0n) is 13.1. The molecule has 1 N–H and O–H groups in total. The van der Waals surface area contributed by atoms with Crippen LogP contribution in [0, 0.1) is 18.8 Å². The van der Waals surface area contributed by atoms with Gasteiger partial charge in [0.1, 0.15) is 0 Å². The van der Waals surface area contributed by atoms with Crippen LogP contribution < -0.4 is 5.32 Å². The third-order valence-electron chi connectivity index (χ3n) is 5.10. The van der Waals surface area contributed by atoms with Crippen molar-refractivity contribution in [3.05, 3.63) is 35.4 Å². The predicted octanol–water partition coefficient (Wildman–Crippen LogP) is 4.53. The van der Waals surface area contributed by atoms with Gasteiger partial charge in [-0.2, -0.15) is 0 Å². The van der Waals surface area contributed by atoms with Crippen LogP contribution in [0.1, 0.15) is 68.5 Å². The van der Waals surface area contributed by atoms with E-state index < -0.39 is 0 Å². The van der Waals surface area contributed by atoms with E-state index in [0.717, 1.165) is 12.3 Å². The molecule has 2 fully saturated rings. The van der Waals surface area contributed by atoms with Gasteiger partial charge in [0, 0.05) is 6.42 Å². The van der Waals surface area contributed by atoms with E-state index in [9.17, 15) is 4.79 Å². The Morgan fingerprint density at radius 2 is 1.81 bits per heavy atom. The molecular formula is C19H27NO. The molecule has 0 aliphatic heterocycles. The second kappa shape index (κ2) is 6.64. The quantitative estimate of drug-likeness (QED) is 0.817. The van der Waals surface area contributed by atoms with Gasteiger partial charge in [0.2, 0.25) is 5.91 Å². The number of carbonyl (C=O) groups excluding carboxylic acids is 1. The van der Waals surface area contributed by atoms with Crippen LogP contribution in [-0.4, -0.2) is 5.91 Å². The largest absolute Gasteiger partial charge is 0.349 e. The van der Waals surface area contributed by atoms with Gasteiger partial charge in [-0.05, 0) is 43.6 Å². The van der Waals surface area contributed by atoms with Crippen molar-refractivity contribution in [1.82, 2.24) is 5.32 Å². The van der Waals surface area contributed by atoms with Crippen molar-refractivity contribution >= 4 is 5.91 Å². The van der Waals surface area contributed by atoms with Crippen molar-refractivity contribution in [3.63, 3.8) is 0 Å². The first-order valence-corrected chi connectivity index (χ1v) is 8.58. The van der Waals surface area contributed by atoms with Gasteiger partial charge in [-0.15, -0.1) is 0 Å². The topological polar surface area (TPSA) is 29.1 Å². The average Bonchev–Trinajstić information content (AvgIpc) is 3.19. The number of hydrogen-bond donors (Lipinski definition) is 1. The van der Waals surface area contributed by atoms with Crippen LogP contribution in [0.2, 0.25) is 0 Å². The molecule has 0 radical (unpaired) electrons. The maximum Gasteiger partial charge on any atom is 0.220 e. The monoisotopic (exact) mass is 285 g/mol. The summed E-state index contributed by atoms with van der Waals surface area (Å²) in [5.74, 6) is 1.71. The Hall–Kier alpha value is -1.31. The lowest BCUT2D eigenvalue weighted by Crippen LogP contribution is -2.30. The molecule has 2 nitrogen and oxygen atoms in total. The number of carbonyl (C=O) groups is 1. The summed E-state index contributed by atoms with van der Waals surface area (Å²) in [7, 11) is 0. The highest BCUT2D eigenvalue weighted by atomic mass is 16.1. The van der Waals surface area contributed by atoms with E-state index >= 15 is 0 Å². The molecule has 2 aliphatic rings. The molecule has 2 saturated carbocycles. The van der Waals surface area contributed by atoms with Gasteiger partial charge < -0.3 is 5.32 Å². The number of rotatable bonds is 6. The lowest BCUT2D eigenvalue weighted by atomic mass is 9.99. The highest BCUT2D eigenvalue weighted by Gasteiger charge is 2.33. The molecule has 1 unspecified atom stereocenters. The first-order chi connectivity index (χ1) is 10.2. The van der Waals surface area contributed by atoms with Crippen LogP contribution >= 0.6 is 0 Å². The van der Waals surface area contributed by atoms with Crippen molar-refractivity contribution in [2.45, 2.75) is 64.3 Å². The van der Waals surface area contributed by atoms with Crippen molar-refractivity contribution in [2.24, 2.45) is 11.8 Å². The normalized spacial score (nSPS) is 20.4. The summed E-state index contributed by atoms with van der Waals surface area (Å²) < 4.78 is 0. The number of aryl methyl sites for hydroxylation is 1. The highest BCUT2D eigenvalue weighted by molar-refractivity contribution is 5.76. The summed E-state index contributed by atoms with van der Waals surface area (Å²) in [5, 5.41) is 3.30. The fourth-order valence-corrected chi connectivity index (χ4v) is 3.56. The molecule has 21 heavy (non-hydrogen) atoms. The molecule has 0 aromatic heterocycles. The van der Waals surface area contributed by atoms with Crippen LogP contribution in [0.4, 0.5) is 0 Å². The first kappa shape index (κ1) is 14.6. The molecule has 3 rings (SSSR count). The molecule has 0 bridgehead atoms. The second-order valence-corrected chi connectivity index (χ2v) is 6.98. The van der Waals surface area contributed by atoms with Crippen LogP contribution in [-0.2, 0) is 4.79 Å². The summed E-state index contributed by atoms with van der Waals surface area (Å²) in [6.07, 6.45) is 9.68. The number of benzene rings is 1. The lowest BCUT2D eigenvalue weighted by molar-refractivity contribution is -0.122. The predicted molar refractivity (Wildman–Crippen MR) is 86.0 cm³/mol. The van der Waals surface area contributed by atoms with E-state index in [4.69, 9.17) is 0 Å². The SMILES string of the molecule is Cc1ccc(C(NC(=O)CCC2CCCC2)C2CC2)cc1. The first-order valence-electron chi connectivity index (χ1n) is 8.58. The van der Waals surface area contributed by atoms with Gasteiger partial charge >= 0.3 is 0 Å². The lowest BCUT2D eigenvalue weighted by Gasteiger charge is -2.19. The summed E-state index contributed by atoms with van der Waals surface area (Å²) in [6.45, 7) is 2.11. The minimum Gasteiger partial charge on any atom is -0.349 e. The molecule has 1 amide bonds. The smallest absolute Gasteiger partial charge is 0.220 e. The summed E-state index contributed by atoms with van der Waals surface area (Å²) in [6, 6.07) is 8.89. The second-order valence-electron chi connectivity index (χ2n) is 6.98. The van der Waals surface area contributed by atoms with Crippen LogP contribution in [0.5, 0.6) is 0 Å². The van der Waals surface area contributed by atoms with Gasteiger partial charge in [-0.1, -0.05) is 55.5 Å². The molecule has 1 aromatic carbocycles. The Kier molecular flexibility index (Phi) is 4.62. The standard InChI is InChI=1S/C19H27NO/c1-14-6-9-16(10-7-14)19(17-11-12-17)20-18(21)13-8-15-4-2-3-5-15/h6-7,9-10,15,17,19H,2-5,8,11-13H2,1H3,(H,20,21). The van der Waals surface area contributed by atoms with Crippen LogP contribution in [0.3, 0.4) is 0 Å². The van der Waals surface area contributed by atoms with E-state index in [-0.39, 0.29) is 11.9 Å². The fraction of sp³-hybridized carbons (Fsp3) is 0.632. The third kappa shape index (κ3) is 4.09. The molecular weight excluding hydrogens is 258 g/mol. The third-order valence-corrected chi connectivity index (χ3v) is 5.10. The van der Waals surface area contributed by atoms with Crippen molar-refractivity contribution in [1.29, 1.82) is 0 Å². The zero-order valence-corrected chi connectivity index (χ0v) is 13.1. The molecule has 2 heteroatoms. The molecule has 0 spiro atoms. The zero-order chi connectivity index (χ0) is 14.7. The number of amides is 1. The highest BCUT2D eigenvalue weighted by Crippen LogP contribution is 2.41. The van der Waals surface area contributed by atoms with Crippen molar-refractivity contribution < 1.29 is 4.79 Å². The maximum atomic E-state index is 12.3. The molecule has 0 heterocycles. The number of hydrogen-bond acceptors (Lipinski definition) is 1. The Balaban J connectivity index is 1.54. The van der Waals surface area contributed by atoms with Gasteiger partial charge in [0.05, 0.1) is 6.04 Å². The Morgan fingerprint density at radius 3 is 2.43 bits per heavy atom. The Bertz CT molecular complexity index is 469. The summed E-state index contributed by atoms with van der Waals surface area (Å²) in [5.41, 5.74) is 2.55. The van der Waals surface area contributed by atoms with E-state index in [1.807, 2.05) is 0 Å². The van der Waals surface area contributed by atoms with Crippen molar-refractivity contribution in [2.75, 3.05) is 0 Å². The molecule has 1 atom stereocenters. The van der Waals surface area contributed by atoms with Gasteiger partial charge in [-0.3, -0.25) is 4.79 Å². The fourth-order valence-electron chi connectivity index (χ4n) is 3.56. The minimum absolute atomic E-state index is 0.238. The van der Waals surface area contributed by atoms with E-state index in [0.29, 0.717) is 12.3 Å². The average molecular weight is 285 g/mol. The molecule has 114 valence electrons. The maximum absolute atomic E-state index is 12.3. The Labute approximate surface area is 128 Å². The van der Waals surface area contributed by atoms with Gasteiger partial charge in [0.15, 0.2) is 0 Å². The summed E-state index contributed by atoms with van der Waals surface area (Å²) >= 11 is 0. The van der Waals surface area contributed by atoms with Crippen LogP contribution in [0.25, 0.3) is 0 Å². The van der Waals surface area contributed by atoms with Crippen molar-refractivity contribution in [3.8, 4) is 0 Å². The van der Waals surface area contributed by atoms with Gasteiger partial charge in [0.25, 0.3) is 0 Å². The number of nitrogens with one attached hydrogen (secondary N) is 1. The van der Waals surface area contributed by atoms with Crippen LogP contribution in [0.15, 0.2) is 24.3 Å². The summed E-state index contributed by atoms with van der Waals surface area (Å²) in [4.78, 5) is 12.3. The molecule has 2 aliphatic carbocycles. The van der Waals surface area contributed by atoms with E-state index in [1.54, 1.807) is 0 Å². The van der Waals surface area contributed by atoms with E-state index in [2.05, 4.69) is 36.5 Å². The molecule has 0 saturated heterocycles. The minimum atomic E-state index is 0.238. The molecule has 1 aromatic rings. The van der Waals surface area contributed by atoms with Gasteiger partial charge in [-0.25, -0.2) is 0 Å². The Morgan fingerprint density at radius 1 is 1.14 bits per heavy atom. The van der Waals surface area contributed by atoms with E-state index in [1.165, 1.54) is 49.7 Å².